The van der Waals surface area contributed by atoms with Gasteiger partial charge in [-0.2, -0.15) is 0 Å². The molecular formula is C23H21ClN6O. The number of carbonyl (C=O) groups is 1. The highest BCUT2D eigenvalue weighted by atomic mass is 35.5. The summed E-state index contributed by atoms with van der Waals surface area (Å²) < 4.78 is 0. The van der Waals surface area contributed by atoms with Crippen molar-refractivity contribution in [1.29, 1.82) is 0 Å². The number of amides is 1. The minimum absolute atomic E-state index is 0.183. The number of nitrogens with one attached hydrogen (secondary N) is 2. The van der Waals surface area contributed by atoms with Crippen LogP contribution in [0.15, 0.2) is 61.1 Å². The van der Waals surface area contributed by atoms with Gasteiger partial charge in [-0.15, -0.1) is 0 Å². The van der Waals surface area contributed by atoms with E-state index in [0.29, 0.717) is 5.95 Å². The molecule has 7 nitrogen and oxygen atoms in total. The zero-order valence-electron chi connectivity index (χ0n) is 16.8. The Balaban J connectivity index is 1.49. The molecule has 8 heteroatoms. The van der Waals surface area contributed by atoms with Crippen LogP contribution in [0.2, 0.25) is 5.02 Å². The Bertz CT molecular complexity index is 1220. The first-order valence-corrected chi connectivity index (χ1v) is 10.6. The molecule has 1 saturated heterocycles. The standard InChI is InChI=1S/C23H21ClN6O/c24-17-13-25-23(30-10-4-5-11-30)29-21(17)22(31)28-20(15-6-2-1-3-7-15)16-8-9-18-19(12-16)27-14-26-18/h1-3,6-9,12-14,20H,4-5,10-11H2,(H,26,27)(H,28,31). The molecule has 4 aromatic rings. The van der Waals surface area contributed by atoms with Crippen LogP contribution in [-0.4, -0.2) is 38.9 Å². The molecular weight excluding hydrogens is 412 g/mol. The van der Waals surface area contributed by atoms with Crippen molar-refractivity contribution >= 4 is 34.5 Å². The smallest absolute Gasteiger partial charge is 0.272 e. The number of benzene rings is 2. The topological polar surface area (TPSA) is 86.8 Å². The molecule has 1 aliphatic rings. The number of fused-ring (bicyclic) bond motifs is 1. The maximum atomic E-state index is 13.3. The Kier molecular flexibility index (Phi) is 5.26. The molecule has 0 saturated carbocycles. The van der Waals surface area contributed by atoms with Gasteiger partial charge in [-0.1, -0.05) is 48.0 Å². The van der Waals surface area contributed by atoms with Crippen molar-refractivity contribution in [2.75, 3.05) is 18.0 Å². The summed E-state index contributed by atoms with van der Waals surface area (Å²) >= 11 is 6.32. The van der Waals surface area contributed by atoms with Gasteiger partial charge in [0.25, 0.3) is 5.91 Å². The van der Waals surface area contributed by atoms with Crippen molar-refractivity contribution < 1.29 is 4.79 Å². The van der Waals surface area contributed by atoms with E-state index in [1.54, 1.807) is 6.33 Å². The first-order valence-electron chi connectivity index (χ1n) is 10.3. The van der Waals surface area contributed by atoms with E-state index in [-0.39, 0.29) is 22.7 Å². The molecule has 0 bridgehead atoms. The molecule has 1 unspecified atom stereocenters. The summed E-state index contributed by atoms with van der Waals surface area (Å²) in [4.78, 5) is 31.6. The number of halogens is 1. The van der Waals surface area contributed by atoms with Crippen LogP contribution < -0.4 is 10.2 Å². The van der Waals surface area contributed by atoms with Crippen LogP contribution in [0.1, 0.15) is 40.5 Å². The Morgan fingerprint density at radius 2 is 1.87 bits per heavy atom. The van der Waals surface area contributed by atoms with Gasteiger partial charge in [-0.05, 0) is 36.1 Å². The molecule has 2 aromatic carbocycles. The molecule has 2 N–H and O–H groups in total. The number of imidazole rings is 1. The van der Waals surface area contributed by atoms with E-state index in [4.69, 9.17) is 11.6 Å². The van der Waals surface area contributed by atoms with Crippen LogP contribution in [0, 0.1) is 0 Å². The number of nitrogens with zero attached hydrogens (tertiary/aromatic N) is 4. The largest absolute Gasteiger partial charge is 0.345 e. The summed E-state index contributed by atoms with van der Waals surface area (Å²) in [6, 6.07) is 15.4. The second-order valence-corrected chi connectivity index (χ2v) is 7.96. The number of hydrogen-bond acceptors (Lipinski definition) is 5. The van der Waals surface area contributed by atoms with Crippen LogP contribution in [0.25, 0.3) is 11.0 Å². The molecule has 1 atom stereocenters. The third-order valence-electron chi connectivity index (χ3n) is 5.52. The number of aromatic nitrogens is 4. The number of aromatic amines is 1. The van der Waals surface area contributed by atoms with Gasteiger partial charge in [0.2, 0.25) is 5.95 Å². The Hall–Kier alpha value is -3.45. The molecule has 1 aliphatic heterocycles. The van der Waals surface area contributed by atoms with Gasteiger partial charge in [0.15, 0.2) is 5.69 Å². The zero-order chi connectivity index (χ0) is 21.2. The number of rotatable bonds is 5. The van der Waals surface area contributed by atoms with E-state index < -0.39 is 0 Å². The van der Waals surface area contributed by atoms with Crippen molar-refractivity contribution in [3.05, 3.63) is 82.9 Å². The molecule has 0 aliphatic carbocycles. The maximum Gasteiger partial charge on any atom is 0.272 e. The second-order valence-electron chi connectivity index (χ2n) is 7.56. The maximum absolute atomic E-state index is 13.3. The highest BCUT2D eigenvalue weighted by molar-refractivity contribution is 6.33. The van der Waals surface area contributed by atoms with Crippen molar-refractivity contribution in [1.82, 2.24) is 25.3 Å². The second kappa shape index (κ2) is 8.35. The van der Waals surface area contributed by atoms with Gasteiger partial charge < -0.3 is 15.2 Å². The third-order valence-corrected chi connectivity index (χ3v) is 5.80. The van der Waals surface area contributed by atoms with Crippen molar-refractivity contribution in [3.63, 3.8) is 0 Å². The first-order chi connectivity index (χ1) is 15.2. The van der Waals surface area contributed by atoms with Crippen LogP contribution in [0.3, 0.4) is 0 Å². The Labute approximate surface area is 184 Å². The van der Waals surface area contributed by atoms with E-state index in [2.05, 4.69) is 30.2 Å². The summed E-state index contributed by atoms with van der Waals surface area (Å²) in [6.07, 6.45) is 5.36. The fourth-order valence-corrected chi connectivity index (χ4v) is 4.10. The highest BCUT2D eigenvalue weighted by Gasteiger charge is 2.23. The normalized spacial score (nSPS) is 14.7. The zero-order valence-corrected chi connectivity index (χ0v) is 17.5. The van der Waals surface area contributed by atoms with Gasteiger partial charge in [-0.25, -0.2) is 15.0 Å². The van der Waals surface area contributed by atoms with E-state index in [9.17, 15) is 4.79 Å². The van der Waals surface area contributed by atoms with Gasteiger partial charge >= 0.3 is 0 Å². The highest BCUT2D eigenvalue weighted by Crippen LogP contribution is 2.26. The molecule has 1 amide bonds. The summed E-state index contributed by atoms with van der Waals surface area (Å²) in [6.45, 7) is 1.78. The molecule has 1 fully saturated rings. The van der Waals surface area contributed by atoms with Crippen LogP contribution in [0.5, 0.6) is 0 Å². The lowest BCUT2D eigenvalue weighted by Gasteiger charge is -2.21. The van der Waals surface area contributed by atoms with E-state index >= 15 is 0 Å². The van der Waals surface area contributed by atoms with Gasteiger partial charge in [0, 0.05) is 13.1 Å². The first kappa shape index (κ1) is 19.5. The van der Waals surface area contributed by atoms with Crippen molar-refractivity contribution in [3.8, 4) is 0 Å². The molecule has 156 valence electrons. The predicted molar refractivity (Wildman–Crippen MR) is 120 cm³/mol. The number of hydrogen-bond donors (Lipinski definition) is 2. The van der Waals surface area contributed by atoms with Crippen molar-refractivity contribution in [2.24, 2.45) is 0 Å². The van der Waals surface area contributed by atoms with Crippen LogP contribution in [0.4, 0.5) is 5.95 Å². The molecule has 0 spiro atoms. The lowest BCUT2D eigenvalue weighted by Crippen LogP contribution is -2.31. The molecule has 5 rings (SSSR count). The SMILES string of the molecule is O=C(NC(c1ccccc1)c1ccc2nc[nH]c2c1)c1nc(N2CCCC2)ncc1Cl. The van der Waals surface area contributed by atoms with Crippen molar-refractivity contribution in [2.45, 2.75) is 18.9 Å². The third kappa shape index (κ3) is 3.96. The fraction of sp³-hybridized carbons (Fsp3) is 0.217. The van der Waals surface area contributed by atoms with E-state index in [1.165, 1.54) is 6.20 Å². The minimum Gasteiger partial charge on any atom is -0.345 e. The van der Waals surface area contributed by atoms with Gasteiger partial charge in [0.1, 0.15) is 0 Å². The average Bonchev–Trinajstić information content (AvgIpc) is 3.50. The molecule has 0 radical (unpaired) electrons. The average molecular weight is 433 g/mol. The Morgan fingerprint density at radius 1 is 1.06 bits per heavy atom. The molecule has 3 heterocycles. The van der Waals surface area contributed by atoms with E-state index in [1.807, 2.05) is 48.5 Å². The quantitative estimate of drug-likeness (QED) is 0.495. The number of carbonyl (C=O) groups excluding carboxylic acids is 1. The van der Waals surface area contributed by atoms with Gasteiger partial charge in [-0.3, -0.25) is 4.79 Å². The number of anilines is 1. The lowest BCUT2D eigenvalue weighted by atomic mass is 9.98. The minimum atomic E-state index is -0.373. The monoisotopic (exact) mass is 432 g/mol. The number of H-pyrrole nitrogens is 1. The summed E-state index contributed by atoms with van der Waals surface area (Å²) in [5, 5.41) is 3.35. The predicted octanol–water partition coefficient (Wildman–Crippen LogP) is 4.13. The van der Waals surface area contributed by atoms with Gasteiger partial charge in [0.05, 0.1) is 34.6 Å². The summed E-state index contributed by atoms with van der Waals surface area (Å²) in [5.74, 6) is 0.202. The van der Waals surface area contributed by atoms with E-state index in [0.717, 1.165) is 48.1 Å². The Morgan fingerprint density at radius 3 is 2.68 bits per heavy atom. The van der Waals surface area contributed by atoms with Crippen LogP contribution in [-0.2, 0) is 0 Å². The lowest BCUT2D eigenvalue weighted by molar-refractivity contribution is 0.0938. The summed E-state index contributed by atoms with van der Waals surface area (Å²) in [5.41, 5.74) is 3.85. The fourth-order valence-electron chi connectivity index (χ4n) is 3.92. The van der Waals surface area contributed by atoms with Crippen LogP contribution >= 0.6 is 11.6 Å². The summed E-state index contributed by atoms with van der Waals surface area (Å²) in [7, 11) is 0. The molecule has 2 aromatic heterocycles. The molecule has 31 heavy (non-hydrogen) atoms.